The SMILES string of the molecule is Cc1ccc(S(=O)(=O)O)c(C(C)C#N)c1Nc1ccc(Br)cn1. The molecule has 2 rings (SSSR count). The number of nitriles is 1. The number of anilines is 2. The summed E-state index contributed by atoms with van der Waals surface area (Å²) in [6, 6.07) is 8.37. The van der Waals surface area contributed by atoms with Crippen LogP contribution in [0.25, 0.3) is 0 Å². The minimum absolute atomic E-state index is 0.222. The Balaban J connectivity index is 2.66. The van der Waals surface area contributed by atoms with E-state index in [0.717, 1.165) is 10.0 Å². The first kappa shape index (κ1) is 17.4. The minimum Gasteiger partial charge on any atom is -0.340 e. The Morgan fingerprint density at radius 2 is 2.04 bits per heavy atom. The number of nitrogens with one attached hydrogen (secondary N) is 1. The zero-order valence-electron chi connectivity index (χ0n) is 12.4. The second-order valence-corrected chi connectivity index (χ2v) is 7.29. The van der Waals surface area contributed by atoms with Crippen molar-refractivity contribution in [3.63, 3.8) is 0 Å². The molecule has 23 heavy (non-hydrogen) atoms. The van der Waals surface area contributed by atoms with E-state index in [4.69, 9.17) is 0 Å². The third-order valence-electron chi connectivity index (χ3n) is 3.30. The fraction of sp³-hybridized carbons (Fsp3) is 0.200. The monoisotopic (exact) mass is 395 g/mol. The summed E-state index contributed by atoms with van der Waals surface area (Å²) < 4.78 is 33.5. The number of nitrogens with zero attached hydrogens (tertiary/aromatic N) is 2. The van der Waals surface area contributed by atoms with Crippen molar-refractivity contribution in [2.75, 3.05) is 5.32 Å². The van der Waals surface area contributed by atoms with E-state index in [1.54, 1.807) is 38.2 Å². The Bertz CT molecular complexity index is 874. The van der Waals surface area contributed by atoms with E-state index in [9.17, 15) is 18.2 Å². The zero-order valence-corrected chi connectivity index (χ0v) is 14.8. The van der Waals surface area contributed by atoms with E-state index in [1.165, 1.54) is 6.07 Å². The lowest BCUT2D eigenvalue weighted by Gasteiger charge is -2.18. The first-order chi connectivity index (χ1) is 10.7. The van der Waals surface area contributed by atoms with Gasteiger partial charge in [-0.1, -0.05) is 6.07 Å². The van der Waals surface area contributed by atoms with E-state index in [0.29, 0.717) is 11.5 Å². The van der Waals surface area contributed by atoms with Gasteiger partial charge in [0.15, 0.2) is 0 Å². The van der Waals surface area contributed by atoms with Crippen molar-refractivity contribution in [3.8, 4) is 6.07 Å². The summed E-state index contributed by atoms with van der Waals surface area (Å²) in [7, 11) is -4.45. The third-order valence-corrected chi connectivity index (χ3v) is 4.68. The van der Waals surface area contributed by atoms with Crippen molar-refractivity contribution in [1.82, 2.24) is 4.98 Å². The Kier molecular flexibility index (Phi) is 5.04. The average molecular weight is 396 g/mol. The van der Waals surface area contributed by atoms with Gasteiger partial charge >= 0.3 is 0 Å². The van der Waals surface area contributed by atoms with Crippen LogP contribution in [0.4, 0.5) is 11.5 Å². The van der Waals surface area contributed by atoms with Crippen LogP contribution in [-0.4, -0.2) is 18.0 Å². The molecule has 120 valence electrons. The van der Waals surface area contributed by atoms with Gasteiger partial charge in [-0.15, -0.1) is 0 Å². The first-order valence-corrected chi connectivity index (χ1v) is 8.86. The molecule has 0 aliphatic carbocycles. The second-order valence-electron chi connectivity index (χ2n) is 4.98. The van der Waals surface area contributed by atoms with Crippen LogP contribution >= 0.6 is 15.9 Å². The van der Waals surface area contributed by atoms with Crippen LogP contribution in [0.15, 0.2) is 39.8 Å². The number of aryl methyl sites for hydroxylation is 1. The molecule has 0 aliphatic heterocycles. The normalized spacial score (nSPS) is 12.5. The van der Waals surface area contributed by atoms with Gasteiger partial charge in [-0.05, 0) is 53.5 Å². The van der Waals surface area contributed by atoms with Crippen molar-refractivity contribution < 1.29 is 13.0 Å². The van der Waals surface area contributed by atoms with Gasteiger partial charge in [-0.25, -0.2) is 4.98 Å². The highest BCUT2D eigenvalue weighted by atomic mass is 79.9. The van der Waals surface area contributed by atoms with Crippen LogP contribution in [0.1, 0.15) is 24.0 Å². The molecule has 6 nitrogen and oxygen atoms in total. The molecule has 8 heteroatoms. The van der Waals surface area contributed by atoms with E-state index in [1.807, 2.05) is 6.07 Å². The third kappa shape index (κ3) is 3.88. The van der Waals surface area contributed by atoms with Gasteiger partial charge in [0, 0.05) is 21.9 Å². The maximum absolute atomic E-state index is 11.6. The van der Waals surface area contributed by atoms with Crippen molar-refractivity contribution in [2.24, 2.45) is 0 Å². The van der Waals surface area contributed by atoms with Gasteiger partial charge in [0.2, 0.25) is 0 Å². The van der Waals surface area contributed by atoms with E-state index in [-0.39, 0.29) is 10.5 Å². The molecule has 0 saturated heterocycles. The fourth-order valence-electron chi connectivity index (χ4n) is 2.17. The molecule has 0 spiro atoms. The maximum Gasteiger partial charge on any atom is 0.294 e. The lowest BCUT2D eigenvalue weighted by Crippen LogP contribution is -2.10. The summed E-state index contributed by atoms with van der Waals surface area (Å²) >= 11 is 3.29. The first-order valence-electron chi connectivity index (χ1n) is 6.63. The van der Waals surface area contributed by atoms with Gasteiger partial charge in [0.05, 0.1) is 12.0 Å². The molecule has 0 aliphatic rings. The largest absolute Gasteiger partial charge is 0.340 e. The summed E-state index contributed by atoms with van der Waals surface area (Å²) in [5.41, 5.74) is 1.41. The minimum atomic E-state index is -4.45. The molecule has 0 saturated carbocycles. The van der Waals surface area contributed by atoms with Gasteiger partial charge in [-0.3, -0.25) is 4.55 Å². The molecule has 1 heterocycles. The number of pyridine rings is 1. The summed E-state index contributed by atoms with van der Waals surface area (Å²) in [6.07, 6.45) is 1.59. The molecular formula is C15H14BrN3O3S. The lowest BCUT2D eigenvalue weighted by molar-refractivity contribution is 0.482. The van der Waals surface area contributed by atoms with Crippen molar-refractivity contribution in [2.45, 2.75) is 24.7 Å². The quantitative estimate of drug-likeness (QED) is 0.763. The smallest absolute Gasteiger partial charge is 0.294 e. The van der Waals surface area contributed by atoms with E-state index in [2.05, 4.69) is 26.2 Å². The highest BCUT2D eigenvalue weighted by molar-refractivity contribution is 9.10. The standard InChI is InChI=1S/C15H14BrN3O3S/c1-9-3-5-12(23(20,21)22)14(10(2)7-17)15(9)19-13-6-4-11(16)8-18-13/h3-6,8,10H,1-2H3,(H,18,19)(H,20,21,22). The predicted molar refractivity (Wildman–Crippen MR) is 90.2 cm³/mol. The van der Waals surface area contributed by atoms with Crippen LogP contribution < -0.4 is 5.32 Å². The number of rotatable bonds is 4. The van der Waals surface area contributed by atoms with E-state index >= 15 is 0 Å². The van der Waals surface area contributed by atoms with Crippen LogP contribution in [-0.2, 0) is 10.1 Å². The van der Waals surface area contributed by atoms with Crippen molar-refractivity contribution in [1.29, 1.82) is 5.26 Å². The predicted octanol–water partition coefficient (Wildman–Crippen LogP) is 3.77. The second kappa shape index (κ2) is 6.66. The topological polar surface area (TPSA) is 103 Å². The zero-order chi connectivity index (χ0) is 17.2. The molecule has 1 aromatic heterocycles. The van der Waals surface area contributed by atoms with Crippen molar-refractivity contribution in [3.05, 3.63) is 46.1 Å². The fourth-order valence-corrected chi connectivity index (χ4v) is 3.20. The Morgan fingerprint density at radius 1 is 1.35 bits per heavy atom. The van der Waals surface area contributed by atoms with Gasteiger partial charge < -0.3 is 5.32 Å². The molecule has 0 bridgehead atoms. The highest BCUT2D eigenvalue weighted by Crippen LogP contribution is 2.35. The Hall–Kier alpha value is -1.95. The highest BCUT2D eigenvalue weighted by Gasteiger charge is 2.24. The maximum atomic E-state index is 11.6. The van der Waals surface area contributed by atoms with Crippen LogP contribution in [0, 0.1) is 18.3 Å². The van der Waals surface area contributed by atoms with Crippen LogP contribution in [0.2, 0.25) is 0 Å². The summed E-state index contributed by atoms with van der Waals surface area (Å²) in [5.74, 6) is -0.236. The van der Waals surface area contributed by atoms with E-state index < -0.39 is 16.0 Å². The number of benzene rings is 1. The lowest BCUT2D eigenvalue weighted by atomic mass is 9.97. The number of hydrogen-bond donors (Lipinski definition) is 2. The molecule has 2 aromatic rings. The summed E-state index contributed by atoms with van der Waals surface area (Å²) in [4.78, 5) is 3.90. The number of hydrogen-bond acceptors (Lipinski definition) is 5. The summed E-state index contributed by atoms with van der Waals surface area (Å²) in [6.45, 7) is 3.35. The Morgan fingerprint density at radius 3 is 2.57 bits per heavy atom. The van der Waals surface area contributed by atoms with Crippen LogP contribution in [0.3, 0.4) is 0 Å². The number of aromatic nitrogens is 1. The molecule has 1 aromatic carbocycles. The average Bonchev–Trinajstić information content (AvgIpc) is 2.49. The molecule has 0 fully saturated rings. The number of halogens is 1. The van der Waals surface area contributed by atoms with Gasteiger partial charge in [0.25, 0.3) is 10.1 Å². The van der Waals surface area contributed by atoms with Crippen molar-refractivity contribution >= 4 is 37.6 Å². The molecule has 0 radical (unpaired) electrons. The Labute approximate surface area is 143 Å². The molecule has 0 amide bonds. The molecule has 2 N–H and O–H groups in total. The summed E-state index contributed by atoms with van der Waals surface area (Å²) in [5, 5.41) is 12.3. The van der Waals surface area contributed by atoms with Crippen LogP contribution in [0.5, 0.6) is 0 Å². The molecule has 1 atom stereocenters. The molecular weight excluding hydrogens is 382 g/mol. The van der Waals surface area contributed by atoms with Gasteiger partial charge in [0.1, 0.15) is 10.7 Å². The van der Waals surface area contributed by atoms with Gasteiger partial charge in [-0.2, -0.15) is 13.7 Å². The molecule has 1 unspecified atom stereocenters.